The number of rotatable bonds is 9. The lowest BCUT2D eigenvalue weighted by molar-refractivity contribution is 0.0259. The highest BCUT2D eigenvalue weighted by molar-refractivity contribution is 5.26. The second-order valence-corrected chi connectivity index (χ2v) is 7.43. The first-order valence-electron chi connectivity index (χ1n) is 10.9. The highest BCUT2D eigenvalue weighted by atomic mass is 16.5. The van der Waals surface area contributed by atoms with Gasteiger partial charge in [-0.15, -0.1) is 0 Å². The van der Waals surface area contributed by atoms with Crippen LogP contribution in [0.3, 0.4) is 0 Å². The van der Waals surface area contributed by atoms with Gasteiger partial charge in [0.05, 0.1) is 19.3 Å². The lowest BCUT2D eigenvalue weighted by Crippen LogP contribution is -2.25. The smallest absolute Gasteiger partial charge is 0.119 e. The van der Waals surface area contributed by atoms with Gasteiger partial charge >= 0.3 is 0 Å². The van der Waals surface area contributed by atoms with Crippen molar-refractivity contribution in [3.05, 3.63) is 65.8 Å². The molecule has 1 aliphatic carbocycles. The number of allylic oxidation sites excluding steroid dienone is 3. The third kappa shape index (κ3) is 9.94. The van der Waals surface area contributed by atoms with Crippen molar-refractivity contribution in [2.24, 2.45) is 5.92 Å². The van der Waals surface area contributed by atoms with Gasteiger partial charge in [0, 0.05) is 0 Å². The second kappa shape index (κ2) is 14.2. The first-order chi connectivity index (χ1) is 13.6. The van der Waals surface area contributed by atoms with Gasteiger partial charge in [-0.25, -0.2) is 0 Å². The summed E-state index contributed by atoms with van der Waals surface area (Å²) in [5, 5.41) is 0. The molecule has 1 aromatic carbocycles. The van der Waals surface area contributed by atoms with E-state index in [1.165, 1.54) is 24.0 Å². The number of aryl methyl sites for hydroxylation is 1. The fourth-order valence-corrected chi connectivity index (χ4v) is 3.23. The summed E-state index contributed by atoms with van der Waals surface area (Å²) in [4.78, 5) is 0. The van der Waals surface area contributed by atoms with Crippen LogP contribution in [0, 0.1) is 12.8 Å². The maximum Gasteiger partial charge on any atom is 0.119 e. The van der Waals surface area contributed by atoms with Crippen LogP contribution >= 0.6 is 0 Å². The lowest BCUT2D eigenvalue weighted by atomic mass is 9.88. The number of hydrogen-bond acceptors (Lipinski definition) is 2. The van der Waals surface area contributed by atoms with E-state index in [0.717, 1.165) is 37.2 Å². The predicted octanol–water partition coefficient (Wildman–Crippen LogP) is 7.44. The molecular formula is C26H40O2. The number of benzene rings is 1. The van der Waals surface area contributed by atoms with Gasteiger partial charge in [-0.1, -0.05) is 68.8 Å². The summed E-state index contributed by atoms with van der Waals surface area (Å²) in [7, 11) is 0. The Bertz CT molecular complexity index is 602. The summed E-state index contributed by atoms with van der Waals surface area (Å²) in [5.41, 5.74) is 3.59. The Morgan fingerprint density at radius 3 is 2.32 bits per heavy atom. The molecule has 1 aromatic rings. The van der Waals surface area contributed by atoms with Crippen molar-refractivity contribution in [2.45, 2.75) is 72.8 Å². The minimum Gasteiger partial charge on any atom is -0.493 e. The molecule has 2 rings (SSSR count). The quantitative estimate of drug-likeness (QED) is 0.412. The highest BCUT2D eigenvalue weighted by Gasteiger charge is 2.22. The van der Waals surface area contributed by atoms with Crippen LogP contribution in [0.2, 0.25) is 0 Å². The number of hydrogen-bond donors (Lipinski definition) is 0. The van der Waals surface area contributed by atoms with Gasteiger partial charge in [0.1, 0.15) is 5.75 Å². The molecule has 156 valence electrons. The molecule has 1 fully saturated rings. The Labute approximate surface area is 173 Å². The van der Waals surface area contributed by atoms with E-state index in [1.807, 2.05) is 13.8 Å². The van der Waals surface area contributed by atoms with E-state index >= 15 is 0 Å². The monoisotopic (exact) mass is 384 g/mol. The van der Waals surface area contributed by atoms with Gasteiger partial charge in [-0.2, -0.15) is 0 Å². The third-order valence-corrected chi connectivity index (χ3v) is 4.91. The Morgan fingerprint density at radius 1 is 1.07 bits per heavy atom. The molecule has 0 radical (unpaired) electrons. The average molecular weight is 385 g/mol. The first kappa shape index (κ1) is 24.2. The topological polar surface area (TPSA) is 18.5 Å². The molecule has 0 saturated heterocycles. The summed E-state index contributed by atoms with van der Waals surface area (Å²) < 4.78 is 12.0. The van der Waals surface area contributed by atoms with Gasteiger partial charge in [0.15, 0.2) is 0 Å². The van der Waals surface area contributed by atoms with Crippen molar-refractivity contribution in [1.82, 2.24) is 0 Å². The molecule has 0 spiro atoms. The maximum absolute atomic E-state index is 6.05. The van der Waals surface area contributed by atoms with E-state index in [4.69, 9.17) is 9.47 Å². The Kier molecular flexibility index (Phi) is 12.3. The van der Waals surface area contributed by atoms with Crippen LogP contribution in [0.15, 0.2) is 60.2 Å². The molecule has 0 aliphatic heterocycles. The van der Waals surface area contributed by atoms with Crippen molar-refractivity contribution < 1.29 is 9.47 Å². The van der Waals surface area contributed by atoms with Gasteiger partial charge in [-0.3, -0.25) is 0 Å². The van der Waals surface area contributed by atoms with Crippen LogP contribution in [0.1, 0.15) is 65.4 Å². The van der Waals surface area contributed by atoms with E-state index < -0.39 is 0 Å². The summed E-state index contributed by atoms with van der Waals surface area (Å²) in [6.07, 6.45) is 12.4. The van der Waals surface area contributed by atoms with E-state index in [9.17, 15) is 0 Å². The molecule has 0 heterocycles. The maximum atomic E-state index is 6.05. The molecule has 0 unspecified atom stereocenters. The normalized spacial score (nSPS) is 19.8. The Hall–Kier alpha value is -1.80. The molecule has 1 saturated carbocycles. The molecule has 2 heteroatoms. The predicted molar refractivity (Wildman–Crippen MR) is 122 cm³/mol. The molecule has 1 aliphatic rings. The fraction of sp³-hybridized carbons (Fsp3) is 0.538. The van der Waals surface area contributed by atoms with Gasteiger partial charge in [0.2, 0.25) is 0 Å². The van der Waals surface area contributed by atoms with E-state index in [0.29, 0.717) is 18.6 Å². The summed E-state index contributed by atoms with van der Waals surface area (Å²) >= 11 is 0. The molecule has 28 heavy (non-hydrogen) atoms. The Balaban J connectivity index is 0.00000190. The van der Waals surface area contributed by atoms with E-state index in [-0.39, 0.29) is 0 Å². The van der Waals surface area contributed by atoms with Crippen molar-refractivity contribution in [3.8, 4) is 5.75 Å². The standard InChI is InChI=1S/C24H34O2.C2H6/c1-5-6-19(2)7-8-21(4)17-25-24-15-11-22(12-16-24)18-26-23-13-9-20(3)10-14-23;1-2/h6-10,13-14,22,24H,4-5,11-12,15-18H2,1-3H3;1-2H3/b8-7-,19-6-;. The molecule has 2 nitrogen and oxygen atoms in total. The third-order valence-electron chi connectivity index (χ3n) is 4.91. The van der Waals surface area contributed by atoms with E-state index in [2.05, 4.69) is 69.8 Å². The van der Waals surface area contributed by atoms with Crippen LogP contribution in [0.4, 0.5) is 0 Å². The fourth-order valence-electron chi connectivity index (χ4n) is 3.23. The number of ether oxygens (including phenoxy) is 2. The average Bonchev–Trinajstić information content (AvgIpc) is 2.73. The van der Waals surface area contributed by atoms with Crippen molar-refractivity contribution in [3.63, 3.8) is 0 Å². The van der Waals surface area contributed by atoms with Gasteiger partial charge in [0.25, 0.3) is 0 Å². The zero-order valence-corrected chi connectivity index (χ0v) is 18.7. The van der Waals surface area contributed by atoms with Gasteiger partial charge < -0.3 is 9.47 Å². The largest absolute Gasteiger partial charge is 0.493 e. The van der Waals surface area contributed by atoms with Crippen LogP contribution in [-0.4, -0.2) is 19.3 Å². The van der Waals surface area contributed by atoms with Crippen LogP contribution < -0.4 is 4.74 Å². The minimum atomic E-state index is 0.364. The Morgan fingerprint density at radius 2 is 1.71 bits per heavy atom. The molecule has 0 atom stereocenters. The summed E-state index contributed by atoms with van der Waals surface area (Å²) in [5.74, 6) is 1.62. The lowest BCUT2D eigenvalue weighted by Gasteiger charge is -2.28. The zero-order chi connectivity index (χ0) is 20.8. The van der Waals surface area contributed by atoms with Gasteiger partial charge in [-0.05, 0) is 69.6 Å². The minimum absolute atomic E-state index is 0.364. The summed E-state index contributed by atoms with van der Waals surface area (Å²) in [6.45, 7) is 15.9. The molecule has 0 bridgehead atoms. The highest BCUT2D eigenvalue weighted by Crippen LogP contribution is 2.27. The SMILES string of the molecule is C=C(/C=C\C(C)=C/CC)COC1CCC(COc2ccc(C)cc2)CC1.CC. The molecule has 0 amide bonds. The molecular weight excluding hydrogens is 344 g/mol. The zero-order valence-electron chi connectivity index (χ0n) is 18.7. The van der Waals surface area contributed by atoms with Crippen molar-refractivity contribution in [1.29, 1.82) is 0 Å². The van der Waals surface area contributed by atoms with E-state index in [1.54, 1.807) is 0 Å². The molecule has 0 N–H and O–H groups in total. The van der Waals surface area contributed by atoms with Crippen molar-refractivity contribution >= 4 is 0 Å². The van der Waals surface area contributed by atoms with Crippen molar-refractivity contribution in [2.75, 3.05) is 13.2 Å². The summed E-state index contributed by atoms with van der Waals surface area (Å²) in [6, 6.07) is 8.31. The van der Waals surface area contributed by atoms with Crippen LogP contribution in [0.5, 0.6) is 5.75 Å². The van der Waals surface area contributed by atoms with Crippen LogP contribution in [0.25, 0.3) is 0 Å². The van der Waals surface area contributed by atoms with Crippen LogP contribution in [-0.2, 0) is 4.74 Å². The second-order valence-electron chi connectivity index (χ2n) is 7.43. The molecule has 0 aromatic heterocycles. The first-order valence-corrected chi connectivity index (χ1v) is 10.9.